The van der Waals surface area contributed by atoms with Gasteiger partial charge in [0.15, 0.2) is 10.8 Å². The smallest absolute Gasteiger partial charge is 0.267 e. The molecule has 3 rings (SSSR count). The molecule has 8 heteroatoms. The van der Waals surface area contributed by atoms with E-state index in [0.29, 0.717) is 16.2 Å². The molecule has 0 unspecified atom stereocenters. The highest BCUT2D eigenvalue weighted by molar-refractivity contribution is 7.71. The van der Waals surface area contributed by atoms with Crippen molar-refractivity contribution < 1.29 is 4.92 Å². The van der Waals surface area contributed by atoms with Gasteiger partial charge < -0.3 is 0 Å². The second-order valence-corrected chi connectivity index (χ2v) is 4.93. The third-order valence-electron chi connectivity index (χ3n) is 2.53. The van der Waals surface area contributed by atoms with Gasteiger partial charge in [0.05, 0.1) is 4.92 Å². The molecule has 0 spiro atoms. The van der Waals surface area contributed by atoms with Crippen LogP contribution in [0.5, 0.6) is 0 Å². The average Bonchev–Trinajstić information content (AvgIpc) is 2.87. The van der Waals surface area contributed by atoms with Crippen LogP contribution in [0.15, 0.2) is 35.8 Å². The molecule has 0 aliphatic rings. The van der Waals surface area contributed by atoms with Crippen LogP contribution >= 0.6 is 23.6 Å². The number of fused-ring (bicyclic) bond motifs is 1. The Kier molecular flexibility index (Phi) is 2.80. The quantitative estimate of drug-likeness (QED) is 0.412. The molecule has 0 N–H and O–H groups in total. The van der Waals surface area contributed by atoms with Gasteiger partial charge in [-0.25, -0.2) is 4.98 Å². The van der Waals surface area contributed by atoms with Gasteiger partial charge >= 0.3 is 0 Å². The van der Waals surface area contributed by atoms with Gasteiger partial charge in [-0.15, -0.1) is 11.3 Å². The first-order valence-electron chi connectivity index (χ1n) is 5.24. The van der Waals surface area contributed by atoms with Crippen molar-refractivity contribution >= 4 is 34.2 Å². The zero-order chi connectivity index (χ0) is 13.4. The van der Waals surface area contributed by atoms with E-state index in [4.69, 9.17) is 12.2 Å². The first-order chi connectivity index (χ1) is 9.15. The highest BCUT2D eigenvalue weighted by Crippen LogP contribution is 2.20. The van der Waals surface area contributed by atoms with Gasteiger partial charge in [0, 0.05) is 29.3 Å². The Hall–Kier alpha value is -2.19. The van der Waals surface area contributed by atoms with Gasteiger partial charge in [0.25, 0.3) is 5.69 Å². The highest BCUT2D eigenvalue weighted by Gasteiger charge is 2.08. The Morgan fingerprint density at radius 1 is 1.26 bits per heavy atom. The zero-order valence-corrected chi connectivity index (χ0v) is 11.0. The molecule has 0 fully saturated rings. The number of nitro groups is 1. The molecule has 0 radical (unpaired) electrons. The van der Waals surface area contributed by atoms with E-state index in [-0.39, 0.29) is 5.69 Å². The summed E-state index contributed by atoms with van der Waals surface area (Å²) in [5, 5.41) is 12.5. The van der Waals surface area contributed by atoms with Crippen molar-refractivity contribution in [2.24, 2.45) is 0 Å². The largest absolute Gasteiger partial charge is 0.269 e. The monoisotopic (exact) mass is 290 g/mol. The Labute approximate surface area is 116 Å². The Morgan fingerprint density at radius 2 is 2.00 bits per heavy atom. The summed E-state index contributed by atoms with van der Waals surface area (Å²) in [6.07, 6.45) is 1.81. The Balaban J connectivity index is 2.13. The number of rotatable bonds is 2. The minimum absolute atomic E-state index is 0.0360. The number of aromatic nitrogens is 3. The van der Waals surface area contributed by atoms with E-state index in [1.165, 1.54) is 23.5 Å². The summed E-state index contributed by atoms with van der Waals surface area (Å²) in [7, 11) is 0. The molecule has 2 heterocycles. The van der Waals surface area contributed by atoms with Crippen LogP contribution in [0, 0.1) is 14.9 Å². The number of nitro benzene ring substituents is 1. The molecule has 0 aliphatic heterocycles. The zero-order valence-electron chi connectivity index (χ0n) is 9.39. The third kappa shape index (κ3) is 2.11. The normalized spacial score (nSPS) is 10.7. The maximum atomic E-state index is 10.6. The van der Waals surface area contributed by atoms with E-state index in [1.807, 2.05) is 11.6 Å². The van der Waals surface area contributed by atoms with Gasteiger partial charge in [-0.1, -0.05) is 0 Å². The van der Waals surface area contributed by atoms with E-state index < -0.39 is 4.92 Å². The fourth-order valence-electron chi connectivity index (χ4n) is 1.62. The molecule has 0 saturated carbocycles. The van der Waals surface area contributed by atoms with E-state index in [1.54, 1.807) is 16.5 Å². The fourth-order valence-corrected chi connectivity index (χ4v) is 2.62. The predicted octanol–water partition coefficient (Wildman–Crippen LogP) is 3.10. The molecule has 3 aromatic rings. The molecule has 0 saturated heterocycles. The number of nitrogens with zero attached hydrogens (tertiary/aromatic N) is 4. The SMILES string of the molecule is O=[N+]([O-])c1ccc(-c2nc(=S)n3ccsc3n2)cc1. The molecular formula is C11H6N4O2S2. The first kappa shape index (κ1) is 11.9. The van der Waals surface area contributed by atoms with Crippen LogP contribution in [0.4, 0.5) is 5.69 Å². The van der Waals surface area contributed by atoms with Gasteiger partial charge in [-0.3, -0.25) is 14.5 Å². The van der Waals surface area contributed by atoms with Crippen LogP contribution < -0.4 is 0 Å². The van der Waals surface area contributed by atoms with Crippen LogP contribution in [0.2, 0.25) is 0 Å². The lowest BCUT2D eigenvalue weighted by Gasteiger charge is -2.00. The summed E-state index contributed by atoms with van der Waals surface area (Å²) >= 11 is 6.63. The van der Waals surface area contributed by atoms with Crippen molar-refractivity contribution in [2.75, 3.05) is 0 Å². The molecule has 94 valence electrons. The Morgan fingerprint density at radius 3 is 2.68 bits per heavy atom. The average molecular weight is 290 g/mol. The van der Waals surface area contributed by atoms with Crippen molar-refractivity contribution in [1.29, 1.82) is 0 Å². The third-order valence-corrected chi connectivity index (χ3v) is 3.58. The molecule has 0 aliphatic carbocycles. The summed E-state index contributed by atoms with van der Waals surface area (Å²) in [5.41, 5.74) is 0.738. The fraction of sp³-hybridized carbons (Fsp3) is 0. The number of hydrogen-bond donors (Lipinski definition) is 0. The lowest BCUT2D eigenvalue weighted by atomic mass is 10.2. The van der Waals surface area contributed by atoms with E-state index in [0.717, 1.165) is 4.96 Å². The van der Waals surface area contributed by atoms with Gasteiger partial charge in [0.1, 0.15) is 0 Å². The van der Waals surface area contributed by atoms with Crippen molar-refractivity contribution in [1.82, 2.24) is 14.4 Å². The molecule has 0 amide bonds. The van der Waals surface area contributed by atoms with Gasteiger partial charge in [-0.05, 0) is 24.4 Å². The molecule has 0 atom stereocenters. The number of hydrogen-bond acceptors (Lipinski definition) is 6. The topological polar surface area (TPSA) is 73.3 Å². The summed E-state index contributed by atoms with van der Waals surface area (Å²) in [5.74, 6) is 0.474. The lowest BCUT2D eigenvalue weighted by molar-refractivity contribution is -0.384. The molecule has 2 aromatic heterocycles. The van der Waals surface area contributed by atoms with Crippen molar-refractivity contribution in [2.45, 2.75) is 0 Å². The molecule has 6 nitrogen and oxygen atoms in total. The van der Waals surface area contributed by atoms with E-state index in [2.05, 4.69) is 9.97 Å². The first-order valence-corrected chi connectivity index (χ1v) is 6.53. The second kappa shape index (κ2) is 4.48. The van der Waals surface area contributed by atoms with Crippen LogP contribution in [0.25, 0.3) is 16.3 Å². The van der Waals surface area contributed by atoms with E-state index in [9.17, 15) is 10.1 Å². The highest BCUT2D eigenvalue weighted by atomic mass is 32.1. The predicted molar refractivity (Wildman–Crippen MR) is 73.8 cm³/mol. The number of non-ortho nitro benzene ring substituents is 1. The molecule has 0 bridgehead atoms. The van der Waals surface area contributed by atoms with Crippen molar-refractivity contribution in [3.8, 4) is 11.4 Å². The standard InChI is InChI=1S/C11H6N4O2S2/c16-15(17)8-3-1-7(2-4-8)9-12-10(18)14-5-6-19-11(14)13-9/h1-6H. The number of benzene rings is 1. The summed E-state index contributed by atoms with van der Waals surface area (Å²) in [6, 6.07) is 6.08. The van der Waals surface area contributed by atoms with Gasteiger partial charge in [-0.2, -0.15) is 4.98 Å². The van der Waals surface area contributed by atoms with Crippen LogP contribution in [-0.2, 0) is 0 Å². The van der Waals surface area contributed by atoms with Crippen LogP contribution in [0.1, 0.15) is 0 Å². The van der Waals surface area contributed by atoms with Gasteiger partial charge in [0.2, 0.25) is 4.77 Å². The van der Waals surface area contributed by atoms with E-state index >= 15 is 0 Å². The van der Waals surface area contributed by atoms with Crippen molar-refractivity contribution in [3.05, 3.63) is 50.7 Å². The maximum absolute atomic E-state index is 10.6. The molecular weight excluding hydrogens is 284 g/mol. The second-order valence-electron chi connectivity index (χ2n) is 3.69. The maximum Gasteiger partial charge on any atom is 0.269 e. The summed E-state index contributed by atoms with van der Waals surface area (Å²) < 4.78 is 2.13. The minimum Gasteiger partial charge on any atom is -0.267 e. The minimum atomic E-state index is -0.443. The summed E-state index contributed by atoms with van der Waals surface area (Å²) in [4.78, 5) is 19.5. The Bertz CT molecular complexity index is 823. The van der Waals surface area contributed by atoms with Crippen molar-refractivity contribution in [3.63, 3.8) is 0 Å². The summed E-state index contributed by atoms with van der Waals surface area (Å²) in [6.45, 7) is 0. The molecule has 19 heavy (non-hydrogen) atoms. The lowest BCUT2D eigenvalue weighted by Crippen LogP contribution is -1.96. The van der Waals surface area contributed by atoms with Crippen LogP contribution in [-0.4, -0.2) is 19.3 Å². The molecule has 1 aromatic carbocycles. The number of thiazole rings is 1. The van der Waals surface area contributed by atoms with Crippen LogP contribution in [0.3, 0.4) is 0 Å².